The topological polar surface area (TPSA) is 58.6 Å². The minimum atomic E-state index is -0.837. The summed E-state index contributed by atoms with van der Waals surface area (Å²) in [6.07, 6.45) is 0.542. The van der Waals surface area contributed by atoms with E-state index in [1.165, 1.54) is 0 Å². The van der Waals surface area contributed by atoms with E-state index >= 15 is 0 Å². The third-order valence-electron chi connectivity index (χ3n) is 2.44. The minimum absolute atomic E-state index is 0.542. The quantitative estimate of drug-likeness (QED) is 0.804. The van der Waals surface area contributed by atoms with Crippen LogP contribution in [0.1, 0.15) is 18.9 Å². The molecule has 1 unspecified atom stereocenters. The molecule has 0 bridgehead atoms. The lowest BCUT2D eigenvalue weighted by Crippen LogP contribution is -2.28. The Balaban J connectivity index is 2.81. The average Bonchev–Trinajstić information content (AvgIpc) is 2.25. The molecule has 16 heavy (non-hydrogen) atoms. The highest BCUT2D eigenvalue weighted by Crippen LogP contribution is 2.22. The number of hydrogen-bond acceptors (Lipinski definition) is 3. The Morgan fingerprint density at radius 1 is 1.56 bits per heavy atom. The first kappa shape index (κ1) is 12.4. The number of rotatable bonds is 5. The lowest BCUT2D eigenvalue weighted by Gasteiger charge is -2.15. The molecule has 4 nitrogen and oxygen atoms in total. The largest absolute Gasteiger partial charge is 0.496 e. The van der Waals surface area contributed by atoms with Crippen molar-refractivity contribution in [3.63, 3.8) is 0 Å². The number of nitrogens with one attached hydrogen (secondary N) is 1. The fraction of sp³-hybridized carbons (Fsp3) is 0.417. The Morgan fingerprint density at radius 2 is 2.25 bits per heavy atom. The molecule has 0 fully saturated rings. The van der Waals surface area contributed by atoms with Gasteiger partial charge in [0.2, 0.25) is 0 Å². The predicted molar refractivity (Wildman–Crippen MR) is 63.1 cm³/mol. The van der Waals surface area contributed by atoms with Gasteiger partial charge in [-0.2, -0.15) is 0 Å². The van der Waals surface area contributed by atoms with Gasteiger partial charge in [-0.3, -0.25) is 0 Å². The number of hydrogen-bond donors (Lipinski definition) is 2. The Morgan fingerprint density at radius 3 is 2.69 bits per heavy atom. The summed E-state index contributed by atoms with van der Waals surface area (Å²) in [5.41, 5.74) is 1.78. The number of carboxylic acid groups (broad SMARTS) is 1. The van der Waals surface area contributed by atoms with Crippen molar-refractivity contribution in [2.24, 2.45) is 0 Å². The molecule has 0 radical (unpaired) electrons. The number of aryl methyl sites for hydroxylation is 1. The molecule has 0 aliphatic heterocycles. The lowest BCUT2D eigenvalue weighted by atomic mass is 10.1. The minimum Gasteiger partial charge on any atom is -0.496 e. The predicted octanol–water partition coefficient (Wildman–Crippen LogP) is 2.28. The smallest absolute Gasteiger partial charge is 0.326 e. The summed E-state index contributed by atoms with van der Waals surface area (Å²) in [5, 5.41) is 11.9. The van der Waals surface area contributed by atoms with Crippen LogP contribution in [0.15, 0.2) is 18.2 Å². The van der Waals surface area contributed by atoms with Crippen LogP contribution in [-0.2, 0) is 4.79 Å². The monoisotopic (exact) mass is 223 g/mol. The summed E-state index contributed by atoms with van der Waals surface area (Å²) >= 11 is 0. The van der Waals surface area contributed by atoms with Gasteiger partial charge in [0, 0.05) is 5.69 Å². The van der Waals surface area contributed by atoms with Gasteiger partial charge in [0.15, 0.2) is 0 Å². The van der Waals surface area contributed by atoms with E-state index in [-0.39, 0.29) is 0 Å². The van der Waals surface area contributed by atoms with E-state index in [0.717, 1.165) is 17.0 Å². The molecule has 1 aromatic rings. The Hall–Kier alpha value is -1.71. The Kier molecular flexibility index (Phi) is 4.17. The highest BCUT2D eigenvalue weighted by Gasteiger charge is 2.14. The van der Waals surface area contributed by atoms with Crippen LogP contribution in [0.2, 0.25) is 0 Å². The highest BCUT2D eigenvalue weighted by molar-refractivity contribution is 5.77. The van der Waals surface area contributed by atoms with Crippen LogP contribution in [0.5, 0.6) is 5.75 Å². The molecule has 0 saturated heterocycles. The first-order valence-electron chi connectivity index (χ1n) is 5.22. The molecule has 88 valence electrons. The number of benzene rings is 1. The first-order valence-corrected chi connectivity index (χ1v) is 5.22. The highest BCUT2D eigenvalue weighted by atomic mass is 16.5. The third kappa shape index (κ3) is 2.89. The fourth-order valence-electron chi connectivity index (χ4n) is 1.51. The second-order valence-electron chi connectivity index (χ2n) is 3.63. The Bertz CT molecular complexity index is 377. The van der Waals surface area contributed by atoms with E-state index in [1.807, 2.05) is 32.0 Å². The zero-order valence-electron chi connectivity index (χ0n) is 9.78. The summed E-state index contributed by atoms with van der Waals surface area (Å²) in [6, 6.07) is 4.97. The molecular weight excluding hydrogens is 206 g/mol. The van der Waals surface area contributed by atoms with Gasteiger partial charge in [-0.15, -0.1) is 0 Å². The molecule has 0 saturated carbocycles. The van der Waals surface area contributed by atoms with Crippen LogP contribution in [-0.4, -0.2) is 24.2 Å². The van der Waals surface area contributed by atoms with Crippen molar-refractivity contribution >= 4 is 11.7 Å². The standard InChI is InChI=1S/C12H17NO3/c1-4-10(12(14)15)13-9-5-6-11(16-3)8(2)7-9/h5-7,10,13H,4H2,1-3H3,(H,14,15). The molecule has 0 amide bonds. The van der Waals surface area contributed by atoms with Gasteiger partial charge in [0.05, 0.1) is 7.11 Å². The normalized spacial score (nSPS) is 11.9. The Labute approximate surface area is 95.2 Å². The molecule has 1 rings (SSSR count). The summed E-state index contributed by atoms with van der Waals surface area (Å²) in [7, 11) is 1.61. The van der Waals surface area contributed by atoms with Gasteiger partial charge < -0.3 is 15.2 Å². The number of aliphatic carboxylic acids is 1. The molecule has 0 aliphatic rings. The van der Waals surface area contributed by atoms with Crippen molar-refractivity contribution < 1.29 is 14.6 Å². The molecule has 1 aromatic carbocycles. The molecule has 0 heterocycles. The molecule has 0 aromatic heterocycles. The van der Waals surface area contributed by atoms with E-state index in [4.69, 9.17) is 9.84 Å². The summed E-state index contributed by atoms with van der Waals surface area (Å²) in [6.45, 7) is 3.76. The van der Waals surface area contributed by atoms with Crippen LogP contribution in [0.25, 0.3) is 0 Å². The van der Waals surface area contributed by atoms with E-state index in [0.29, 0.717) is 6.42 Å². The van der Waals surface area contributed by atoms with Crippen LogP contribution >= 0.6 is 0 Å². The van der Waals surface area contributed by atoms with Crippen LogP contribution in [0.4, 0.5) is 5.69 Å². The number of carbonyl (C=O) groups is 1. The maximum absolute atomic E-state index is 10.9. The molecule has 1 atom stereocenters. The lowest BCUT2D eigenvalue weighted by molar-refractivity contribution is -0.137. The van der Waals surface area contributed by atoms with Crippen LogP contribution in [0.3, 0.4) is 0 Å². The van der Waals surface area contributed by atoms with E-state index in [1.54, 1.807) is 7.11 Å². The summed E-state index contributed by atoms with van der Waals surface area (Å²) < 4.78 is 5.13. The van der Waals surface area contributed by atoms with Crippen molar-refractivity contribution in [1.29, 1.82) is 0 Å². The first-order chi connectivity index (χ1) is 7.58. The molecule has 4 heteroatoms. The van der Waals surface area contributed by atoms with Gasteiger partial charge in [0.25, 0.3) is 0 Å². The van der Waals surface area contributed by atoms with Gasteiger partial charge in [-0.05, 0) is 37.1 Å². The van der Waals surface area contributed by atoms with Gasteiger partial charge in [0.1, 0.15) is 11.8 Å². The van der Waals surface area contributed by atoms with Crippen LogP contribution < -0.4 is 10.1 Å². The van der Waals surface area contributed by atoms with Crippen molar-refractivity contribution in [2.45, 2.75) is 26.3 Å². The summed E-state index contributed by atoms with van der Waals surface area (Å²) in [4.78, 5) is 10.9. The second kappa shape index (κ2) is 5.39. The van der Waals surface area contributed by atoms with E-state index in [9.17, 15) is 4.79 Å². The van der Waals surface area contributed by atoms with Crippen molar-refractivity contribution in [3.05, 3.63) is 23.8 Å². The van der Waals surface area contributed by atoms with E-state index < -0.39 is 12.0 Å². The zero-order chi connectivity index (χ0) is 12.1. The zero-order valence-corrected chi connectivity index (χ0v) is 9.78. The second-order valence-corrected chi connectivity index (χ2v) is 3.63. The fourth-order valence-corrected chi connectivity index (χ4v) is 1.51. The van der Waals surface area contributed by atoms with Gasteiger partial charge >= 0.3 is 5.97 Å². The molecule has 2 N–H and O–H groups in total. The maximum atomic E-state index is 10.9. The van der Waals surface area contributed by atoms with Crippen LogP contribution in [0, 0.1) is 6.92 Å². The maximum Gasteiger partial charge on any atom is 0.326 e. The third-order valence-corrected chi connectivity index (χ3v) is 2.44. The molecule has 0 aliphatic carbocycles. The average molecular weight is 223 g/mol. The SMILES string of the molecule is CCC(Nc1ccc(OC)c(C)c1)C(=O)O. The molecular formula is C12H17NO3. The van der Waals surface area contributed by atoms with Crippen molar-refractivity contribution in [3.8, 4) is 5.75 Å². The number of methoxy groups -OCH3 is 1. The van der Waals surface area contributed by atoms with Crippen molar-refractivity contribution in [2.75, 3.05) is 12.4 Å². The van der Waals surface area contributed by atoms with Crippen molar-refractivity contribution in [1.82, 2.24) is 0 Å². The number of ether oxygens (including phenoxy) is 1. The number of anilines is 1. The van der Waals surface area contributed by atoms with E-state index in [2.05, 4.69) is 5.32 Å². The van der Waals surface area contributed by atoms with Gasteiger partial charge in [-0.1, -0.05) is 6.92 Å². The molecule has 0 spiro atoms. The number of carboxylic acids is 1. The van der Waals surface area contributed by atoms with Gasteiger partial charge in [-0.25, -0.2) is 4.79 Å². The summed E-state index contributed by atoms with van der Waals surface area (Å²) in [5.74, 6) is -0.0371.